The van der Waals surface area contributed by atoms with E-state index in [1.165, 1.54) is 12.1 Å². The summed E-state index contributed by atoms with van der Waals surface area (Å²) in [5.74, 6) is -0.0734. The Kier molecular flexibility index (Phi) is 7.34. The summed E-state index contributed by atoms with van der Waals surface area (Å²) in [6, 6.07) is 6.12. The van der Waals surface area contributed by atoms with Gasteiger partial charge in [0.05, 0.1) is 17.6 Å². The van der Waals surface area contributed by atoms with Crippen molar-refractivity contribution in [1.82, 2.24) is 10.6 Å². The van der Waals surface area contributed by atoms with E-state index in [0.29, 0.717) is 26.1 Å². The molecule has 1 aromatic carbocycles. The van der Waals surface area contributed by atoms with Crippen molar-refractivity contribution >= 4 is 11.6 Å². The van der Waals surface area contributed by atoms with Gasteiger partial charge in [-0.2, -0.15) is 0 Å². The van der Waals surface area contributed by atoms with E-state index in [0.717, 1.165) is 5.56 Å². The zero-order valence-electron chi connectivity index (χ0n) is 12.3. The zero-order valence-corrected chi connectivity index (χ0v) is 12.3. The average molecular weight is 295 g/mol. The molecule has 1 rings (SSSR count). The van der Waals surface area contributed by atoms with Crippen LogP contribution in [0.1, 0.15) is 12.5 Å². The first kappa shape index (κ1) is 17.1. The van der Waals surface area contributed by atoms with Crippen molar-refractivity contribution in [3.8, 4) is 0 Å². The van der Waals surface area contributed by atoms with Crippen LogP contribution in [-0.2, 0) is 16.0 Å². The molecule has 0 spiro atoms. The number of hydrogen-bond acceptors (Lipinski definition) is 5. The molecule has 0 aliphatic carbocycles. The standard InChI is InChI=1S/C14H21N3O4/c1-11(14(18)16-9-10-21-2)15-8-7-12-3-5-13(6-4-12)17(19)20/h3-6,11,15H,7-10H2,1-2H3,(H,16,18). The summed E-state index contributed by atoms with van der Waals surface area (Å²) in [5.41, 5.74) is 1.07. The van der Waals surface area contributed by atoms with Crippen LogP contribution in [0.5, 0.6) is 0 Å². The predicted octanol–water partition coefficient (Wildman–Crippen LogP) is 0.878. The van der Waals surface area contributed by atoms with E-state index < -0.39 is 4.92 Å². The number of nitrogens with zero attached hydrogens (tertiary/aromatic N) is 1. The van der Waals surface area contributed by atoms with E-state index in [1.54, 1.807) is 26.2 Å². The van der Waals surface area contributed by atoms with E-state index in [4.69, 9.17) is 4.74 Å². The fourth-order valence-corrected chi connectivity index (χ4v) is 1.74. The van der Waals surface area contributed by atoms with E-state index in [2.05, 4.69) is 10.6 Å². The lowest BCUT2D eigenvalue weighted by atomic mass is 10.1. The lowest BCUT2D eigenvalue weighted by molar-refractivity contribution is -0.384. The van der Waals surface area contributed by atoms with Crippen molar-refractivity contribution < 1.29 is 14.5 Å². The Morgan fingerprint density at radius 3 is 2.57 bits per heavy atom. The van der Waals surface area contributed by atoms with Gasteiger partial charge in [0.1, 0.15) is 0 Å². The number of carbonyl (C=O) groups is 1. The molecule has 0 heterocycles. The first-order valence-corrected chi connectivity index (χ1v) is 6.78. The highest BCUT2D eigenvalue weighted by atomic mass is 16.6. The first-order valence-electron chi connectivity index (χ1n) is 6.78. The van der Waals surface area contributed by atoms with Crippen molar-refractivity contribution in [2.45, 2.75) is 19.4 Å². The Morgan fingerprint density at radius 2 is 2.00 bits per heavy atom. The Balaban J connectivity index is 2.29. The zero-order chi connectivity index (χ0) is 15.7. The second kappa shape index (κ2) is 9.04. The molecule has 21 heavy (non-hydrogen) atoms. The molecule has 0 radical (unpaired) electrons. The Bertz CT molecular complexity index is 462. The van der Waals surface area contributed by atoms with E-state index >= 15 is 0 Å². The van der Waals surface area contributed by atoms with E-state index in [1.807, 2.05) is 0 Å². The van der Waals surface area contributed by atoms with Crippen molar-refractivity contribution in [1.29, 1.82) is 0 Å². The smallest absolute Gasteiger partial charge is 0.269 e. The van der Waals surface area contributed by atoms with Gasteiger partial charge in [0.2, 0.25) is 5.91 Å². The van der Waals surface area contributed by atoms with Gasteiger partial charge >= 0.3 is 0 Å². The van der Waals surface area contributed by atoms with Gasteiger partial charge in [-0.25, -0.2) is 0 Å². The van der Waals surface area contributed by atoms with E-state index in [-0.39, 0.29) is 17.6 Å². The van der Waals surface area contributed by atoms with Crippen molar-refractivity contribution in [2.75, 3.05) is 26.8 Å². The molecule has 7 heteroatoms. The topological polar surface area (TPSA) is 93.5 Å². The fraction of sp³-hybridized carbons (Fsp3) is 0.500. The summed E-state index contributed by atoms with van der Waals surface area (Å²) in [5, 5.41) is 16.4. The molecule has 1 aromatic rings. The SMILES string of the molecule is COCCNC(=O)C(C)NCCc1ccc([N+](=O)[O-])cc1. The third-order valence-corrected chi connectivity index (χ3v) is 3.01. The summed E-state index contributed by atoms with van der Waals surface area (Å²) in [6.45, 7) is 3.39. The Hall–Kier alpha value is -1.99. The number of nitro benzene ring substituents is 1. The maximum Gasteiger partial charge on any atom is 0.269 e. The fourth-order valence-electron chi connectivity index (χ4n) is 1.74. The summed E-state index contributed by atoms with van der Waals surface area (Å²) < 4.78 is 4.85. The number of nitrogens with one attached hydrogen (secondary N) is 2. The van der Waals surface area contributed by atoms with Crippen LogP contribution in [0.25, 0.3) is 0 Å². The molecular formula is C14H21N3O4. The van der Waals surface area contributed by atoms with Crippen LogP contribution in [0.15, 0.2) is 24.3 Å². The molecule has 0 aromatic heterocycles. The summed E-state index contributed by atoms with van der Waals surface area (Å²) in [4.78, 5) is 21.8. The van der Waals surface area contributed by atoms with Crippen molar-refractivity contribution in [3.63, 3.8) is 0 Å². The lowest BCUT2D eigenvalue weighted by Crippen LogP contribution is -2.43. The van der Waals surface area contributed by atoms with Crippen LogP contribution in [0.4, 0.5) is 5.69 Å². The molecule has 0 bridgehead atoms. The monoisotopic (exact) mass is 295 g/mol. The molecule has 0 saturated carbocycles. The number of rotatable bonds is 9. The molecule has 0 fully saturated rings. The number of ether oxygens (including phenoxy) is 1. The summed E-state index contributed by atoms with van der Waals surface area (Å²) >= 11 is 0. The number of benzene rings is 1. The van der Waals surface area contributed by atoms with Crippen LogP contribution in [0.2, 0.25) is 0 Å². The van der Waals surface area contributed by atoms with Gasteiger partial charge in [0.25, 0.3) is 5.69 Å². The average Bonchev–Trinajstić information content (AvgIpc) is 2.47. The van der Waals surface area contributed by atoms with Crippen LogP contribution in [0.3, 0.4) is 0 Å². The number of carbonyl (C=O) groups excluding carboxylic acids is 1. The van der Waals surface area contributed by atoms with Crippen molar-refractivity contribution in [3.05, 3.63) is 39.9 Å². The number of non-ortho nitro benzene ring substituents is 1. The molecule has 0 aliphatic rings. The normalized spacial score (nSPS) is 11.9. The quantitative estimate of drug-likeness (QED) is 0.401. The maximum atomic E-state index is 11.7. The van der Waals surface area contributed by atoms with Gasteiger partial charge in [-0.15, -0.1) is 0 Å². The second-order valence-electron chi connectivity index (χ2n) is 4.63. The maximum absolute atomic E-state index is 11.7. The minimum absolute atomic E-state index is 0.0734. The van der Waals surface area contributed by atoms with Gasteiger partial charge in [0.15, 0.2) is 0 Å². The number of hydrogen-bond donors (Lipinski definition) is 2. The highest BCUT2D eigenvalue weighted by Gasteiger charge is 2.11. The second-order valence-corrected chi connectivity index (χ2v) is 4.63. The first-order chi connectivity index (χ1) is 10.0. The van der Waals surface area contributed by atoms with Gasteiger partial charge in [-0.3, -0.25) is 14.9 Å². The number of amides is 1. The molecule has 1 amide bonds. The highest BCUT2D eigenvalue weighted by Crippen LogP contribution is 2.11. The van der Waals surface area contributed by atoms with Crippen LogP contribution in [0, 0.1) is 10.1 Å². The van der Waals surface area contributed by atoms with Gasteiger partial charge in [0, 0.05) is 25.8 Å². The molecule has 116 valence electrons. The number of nitro groups is 1. The third kappa shape index (κ3) is 6.33. The number of methoxy groups -OCH3 is 1. The molecule has 1 unspecified atom stereocenters. The molecule has 2 N–H and O–H groups in total. The van der Waals surface area contributed by atoms with Crippen molar-refractivity contribution in [2.24, 2.45) is 0 Å². The molecule has 0 saturated heterocycles. The largest absolute Gasteiger partial charge is 0.383 e. The van der Waals surface area contributed by atoms with Crippen LogP contribution in [-0.4, -0.2) is 43.7 Å². The summed E-state index contributed by atoms with van der Waals surface area (Å²) in [7, 11) is 1.58. The predicted molar refractivity (Wildman–Crippen MR) is 79.2 cm³/mol. The van der Waals surface area contributed by atoms with Gasteiger partial charge in [-0.1, -0.05) is 12.1 Å². The Morgan fingerprint density at radius 1 is 1.33 bits per heavy atom. The lowest BCUT2D eigenvalue weighted by Gasteiger charge is -2.13. The molecule has 1 atom stereocenters. The highest BCUT2D eigenvalue weighted by molar-refractivity contribution is 5.81. The van der Waals surface area contributed by atoms with Gasteiger partial charge in [-0.05, 0) is 25.5 Å². The minimum atomic E-state index is -0.422. The van der Waals surface area contributed by atoms with E-state index in [9.17, 15) is 14.9 Å². The van der Waals surface area contributed by atoms with Crippen LogP contribution < -0.4 is 10.6 Å². The minimum Gasteiger partial charge on any atom is -0.383 e. The summed E-state index contributed by atoms with van der Waals surface area (Å²) in [6.07, 6.45) is 0.702. The molecule has 0 aliphatic heterocycles. The van der Waals surface area contributed by atoms with Gasteiger partial charge < -0.3 is 15.4 Å². The molecular weight excluding hydrogens is 274 g/mol. The Labute approximate surface area is 123 Å². The third-order valence-electron chi connectivity index (χ3n) is 3.01. The molecule has 7 nitrogen and oxygen atoms in total. The van der Waals surface area contributed by atoms with Crippen LogP contribution >= 0.6 is 0 Å².